The molecule has 2 rings (SSSR count). The zero-order valence-electron chi connectivity index (χ0n) is 10.2. The zero-order valence-corrected chi connectivity index (χ0v) is 13.3. The molecule has 0 bridgehead atoms. The minimum atomic E-state index is 0. The molecule has 2 N–H and O–H groups in total. The number of phenolic OH excluding ortho intramolecular Hbond substituents is 2. The Labute approximate surface area is 189 Å². The normalized spacial score (nSPS) is 10.6. The summed E-state index contributed by atoms with van der Waals surface area (Å²) in [5.41, 5.74) is 2.13. The van der Waals surface area contributed by atoms with Crippen LogP contribution >= 0.6 is 0 Å². The van der Waals surface area contributed by atoms with Crippen molar-refractivity contribution in [2.75, 3.05) is 0 Å². The van der Waals surface area contributed by atoms with Crippen LogP contribution in [0.5, 0.6) is 11.5 Å². The average molecular weight is 308 g/mol. The van der Waals surface area contributed by atoms with Gasteiger partial charge in [-0.25, -0.2) is 0 Å². The van der Waals surface area contributed by atoms with Crippen molar-refractivity contribution in [1.29, 1.82) is 0 Å². The van der Waals surface area contributed by atoms with Crippen molar-refractivity contribution in [3.63, 3.8) is 0 Å². The summed E-state index contributed by atoms with van der Waals surface area (Å²) < 4.78 is 0.300. The topological polar surface area (TPSA) is 57.5 Å². The van der Waals surface area contributed by atoms with Crippen LogP contribution in [0.15, 0.2) is 48.5 Å². The summed E-state index contributed by atoms with van der Waals surface area (Å²) >= 11 is 0.531. The fraction of sp³-hybridized carbons (Fsp3) is 0.0714. The van der Waals surface area contributed by atoms with E-state index in [0.29, 0.717) is 49.0 Å². The van der Waals surface area contributed by atoms with E-state index in [1.165, 1.54) is 11.6 Å². The molecule has 0 spiro atoms. The summed E-state index contributed by atoms with van der Waals surface area (Å²) in [4.78, 5) is 8.00. The maximum absolute atomic E-state index is 9.79. The molecule has 0 saturated carbocycles. The van der Waals surface area contributed by atoms with Crippen LogP contribution in [-0.2, 0) is 4.79 Å². The van der Waals surface area contributed by atoms with Gasteiger partial charge in [-0.2, -0.15) is 0 Å². The van der Waals surface area contributed by atoms with Gasteiger partial charge in [-0.05, 0) is 0 Å². The Hall–Kier alpha value is 0.983. The Morgan fingerprint density at radius 2 is 1.58 bits per heavy atom. The molecule has 0 aliphatic rings. The van der Waals surface area contributed by atoms with Crippen LogP contribution in [0.3, 0.4) is 0 Å². The predicted molar refractivity (Wildman–Crippen MR) is 78.1 cm³/mol. The van der Waals surface area contributed by atoms with Crippen molar-refractivity contribution in [3.8, 4) is 11.5 Å². The third-order valence-electron chi connectivity index (χ3n) is 2.78. The van der Waals surface area contributed by atoms with Gasteiger partial charge in [-0.15, -0.1) is 0 Å². The van der Waals surface area contributed by atoms with Crippen molar-refractivity contribution in [2.24, 2.45) is 0 Å². The van der Waals surface area contributed by atoms with Gasteiger partial charge in [0.2, 0.25) is 0 Å². The summed E-state index contributed by atoms with van der Waals surface area (Å²) in [6.07, 6.45) is 0. The second-order valence-corrected chi connectivity index (χ2v) is 5.68. The number of phenols is 2. The average Bonchev–Trinajstić information content (AvgIpc) is 2.41. The zero-order chi connectivity index (χ0) is 13.5. The quantitative estimate of drug-likeness (QED) is 0.827. The second kappa shape index (κ2) is 10.7. The number of hydrogen-bond acceptors (Lipinski definition) is 3. The Balaban J connectivity index is 0.00000103. The summed E-state index contributed by atoms with van der Waals surface area (Å²) in [7, 11) is 0. The molecule has 90 valence electrons. The van der Waals surface area contributed by atoms with Crippen molar-refractivity contribution in [2.45, 2.75) is 0.0125 Å². The van der Waals surface area contributed by atoms with Gasteiger partial charge in [0.1, 0.15) is 6.79 Å². The second-order valence-electron chi connectivity index (χ2n) is 3.88. The molecule has 0 amide bonds. The molecule has 0 aromatic heterocycles. The molecule has 19 heavy (non-hydrogen) atoms. The first-order chi connectivity index (χ1) is 8.68. The van der Waals surface area contributed by atoms with E-state index in [1.807, 2.05) is 25.0 Å². The van der Waals surface area contributed by atoms with E-state index in [2.05, 4.69) is 12.1 Å². The monoisotopic (exact) mass is 308 g/mol. The summed E-state index contributed by atoms with van der Waals surface area (Å²) in [5.74, 6) is 0.288. The fourth-order valence-electron chi connectivity index (χ4n) is 1.82. The molecule has 0 aliphatic heterocycles. The number of carbonyl (C=O) groups is 1. The SMILES string of the molecule is C=O.Oc1ccc([CH]([K])c2ccccc2)c(O)c1.[KH]. The van der Waals surface area contributed by atoms with Gasteiger partial charge in [0.25, 0.3) is 0 Å². The van der Waals surface area contributed by atoms with Crippen molar-refractivity contribution in [3.05, 3.63) is 59.7 Å². The van der Waals surface area contributed by atoms with E-state index in [0.717, 1.165) is 5.56 Å². The van der Waals surface area contributed by atoms with Crippen LogP contribution < -0.4 is 0 Å². The molecule has 0 radical (unpaired) electrons. The summed E-state index contributed by atoms with van der Waals surface area (Å²) in [6, 6.07) is 15.0. The van der Waals surface area contributed by atoms with Crippen LogP contribution in [-0.4, -0.2) is 117 Å². The van der Waals surface area contributed by atoms with Crippen LogP contribution in [0.1, 0.15) is 11.1 Å². The molecule has 2 aromatic rings. The fourth-order valence-corrected chi connectivity index (χ4v) is 3.18. The van der Waals surface area contributed by atoms with E-state index >= 15 is 0 Å². The number of aromatic hydroxyl groups is 2. The van der Waals surface area contributed by atoms with E-state index < -0.39 is 0 Å². The molecule has 0 saturated heterocycles. The van der Waals surface area contributed by atoms with Gasteiger partial charge in [0.05, 0.1) is 0 Å². The van der Waals surface area contributed by atoms with Gasteiger partial charge in [-0.1, -0.05) is 0 Å². The molecular weight excluding hydrogens is 294 g/mol. The third kappa shape index (κ3) is 6.09. The Morgan fingerprint density at radius 1 is 1.00 bits per heavy atom. The van der Waals surface area contributed by atoms with Gasteiger partial charge in [0, 0.05) is 0 Å². The van der Waals surface area contributed by atoms with Crippen molar-refractivity contribution >= 4 is 107 Å². The van der Waals surface area contributed by atoms with E-state index in [9.17, 15) is 10.2 Å². The van der Waals surface area contributed by atoms with Crippen molar-refractivity contribution in [1.82, 2.24) is 0 Å². The molecule has 5 heteroatoms. The molecule has 0 heterocycles. The Bertz CT molecular complexity index is 503. The minimum absolute atomic E-state index is 0. The molecule has 1 atom stereocenters. The number of rotatable bonds is 2. The maximum atomic E-state index is 9.79. The number of hydrogen-bond donors (Lipinski definition) is 2. The first-order valence-electron chi connectivity index (χ1n) is 5.54. The Morgan fingerprint density at radius 3 is 2.11 bits per heavy atom. The molecule has 2 aromatic carbocycles. The van der Waals surface area contributed by atoms with Gasteiger partial charge < -0.3 is 4.79 Å². The first kappa shape index (κ1) is 20.0. The third-order valence-corrected chi connectivity index (χ3v) is 4.79. The number of benzene rings is 2. The van der Waals surface area contributed by atoms with Crippen molar-refractivity contribution < 1.29 is 15.0 Å². The molecule has 1 unspecified atom stereocenters. The van der Waals surface area contributed by atoms with Crippen LogP contribution in [0, 0.1) is 0 Å². The van der Waals surface area contributed by atoms with Gasteiger partial charge >= 0.3 is 182 Å². The van der Waals surface area contributed by atoms with Gasteiger partial charge in [-0.3, -0.25) is 0 Å². The number of carbonyl (C=O) groups excluding carboxylic acids is 1. The van der Waals surface area contributed by atoms with E-state index in [-0.39, 0.29) is 62.9 Å². The molecule has 0 fully saturated rings. The summed E-state index contributed by atoms with van der Waals surface area (Å²) in [5, 5.41) is 19.0. The summed E-state index contributed by atoms with van der Waals surface area (Å²) in [6.45, 7) is 2.00. The molecule has 3 nitrogen and oxygen atoms in total. The van der Waals surface area contributed by atoms with Crippen LogP contribution in [0.25, 0.3) is 0 Å². The van der Waals surface area contributed by atoms with Crippen LogP contribution in [0.2, 0.25) is 0 Å². The molecule has 0 aliphatic carbocycles. The predicted octanol–water partition coefficient (Wildman–Crippen LogP) is 1.52. The van der Waals surface area contributed by atoms with Crippen LogP contribution in [0.4, 0.5) is 0 Å². The Kier molecular flexibility index (Phi) is 11.2. The first-order valence-corrected chi connectivity index (χ1v) is 7.34. The standard InChI is InChI=1S/C13H11O2.CH2O.2K.H/c14-12-7-6-11(13(15)9-12)8-10-4-2-1-3-5-10;1-2;;;/h1-9,14-15H;1H2;;;. The van der Waals surface area contributed by atoms with Gasteiger partial charge in [0.15, 0.2) is 0 Å². The van der Waals surface area contributed by atoms with E-state index in [4.69, 9.17) is 4.79 Å². The molecular formula is C14H14K2O3. The van der Waals surface area contributed by atoms with E-state index in [1.54, 1.807) is 12.1 Å².